The molecular weight excluding hydrogens is 527 g/mol. The molecule has 5 heteroatoms. The predicted molar refractivity (Wildman–Crippen MR) is 87.9 cm³/mol. The summed E-state index contributed by atoms with van der Waals surface area (Å²) in [5.41, 5.74) is 1.29. The molecule has 0 N–H and O–H groups in total. The van der Waals surface area contributed by atoms with Gasteiger partial charge >= 0.3 is 25.8 Å². The minimum absolute atomic E-state index is 0. The average Bonchev–Trinajstić information content (AvgIpc) is 2.95. The fourth-order valence-electron chi connectivity index (χ4n) is 1.95. The summed E-state index contributed by atoms with van der Waals surface area (Å²) in [6, 6.07) is 25.0. The van der Waals surface area contributed by atoms with E-state index >= 15 is 0 Å². The van der Waals surface area contributed by atoms with Crippen LogP contribution in [-0.4, -0.2) is 25.5 Å². The van der Waals surface area contributed by atoms with Gasteiger partial charge in [-0.25, -0.2) is 0 Å². The fourth-order valence-corrected chi connectivity index (χ4v) is 1.95. The van der Waals surface area contributed by atoms with E-state index in [1.165, 1.54) is 16.3 Å². The predicted octanol–water partition coefficient (Wildman–Crippen LogP) is -4.63. The van der Waals surface area contributed by atoms with Crippen molar-refractivity contribution in [1.29, 1.82) is 0 Å². The Hall–Kier alpha value is -0.380. The molecule has 0 aliphatic carbocycles. The minimum Gasteiger partial charge on any atom is -1.00 e. The van der Waals surface area contributed by atoms with Crippen LogP contribution in [0.1, 0.15) is 5.56 Å². The van der Waals surface area contributed by atoms with Gasteiger partial charge in [0.25, 0.3) is 0 Å². The smallest absolute Gasteiger partial charge is 1.00 e. The summed E-state index contributed by atoms with van der Waals surface area (Å²) in [5, 5.41) is 2.66. The van der Waals surface area contributed by atoms with Crippen molar-refractivity contribution in [2.24, 2.45) is 0 Å². The van der Waals surface area contributed by atoms with E-state index in [2.05, 4.69) is 92.1 Å². The maximum absolute atomic E-state index is 2.21. The largest absolute Gasteiger partial charge is 4.00 e. The summed E-state index contributed by atoms with van der Waals surface area (Å²) in [4.78, 5) is 2.15. The van der Waals surface area contributed by atoms with E-state index in [-0.39, 0.29) is 63.1 Å². The van der Waals surface area contributed by atoms with Crippen molar-refractivity contribution in [3.05, 3.63) is 84.8 Å². The number of hydrogen-bond acceptors (Lipinski definition) is 1. The first kappa shape index (κ1) is 28.4. The van der Waals surface area contributed by atoms with Gasteiger partial charge in [-0.3, -0.25) is 0 Å². The molecule has 0 spiro atoms. The second-order valence-corrected chi connectivity index (χ2v) is 5.03. The Morgan fingerprint density at radius 2 is 1.42 bits per heavy atom. The Balaban J connectivity index is -0.000000318. The number of likely N-dealkylation sites (N-methyl/N-ethyl adjacent to an activating group) is 1. The second-order valence-electron chi connectivity index (χ2n) is 5.03. The molecule has 0 atom stereocenters. The van der Waals surface area contributed by atoms with Crippen LogP contribution in [0.15, 0.2) is 72.8 Å². The first-order chi connectivity index (χ1) is 9.75. The molecule has 0 aromatic heterocycles. The molecule has 0 radical (unpaired) electrons. The van der Waals surface area contributed by atoms with Gasteiger partial charge in [-0.2, -0.15) is 41.6 Å². The molecule has 0 bridgehead atoms. The molecule has 0 amide bonds. The van der Waals surface area contributed by atoms with Gasteiger partial charge in [0, 0.05) is 0 Å². The van der Waals surface area contributed by atoms with E-state index in [0.717, 1.165) is 6.54 Å². The topological polar surface area (TPSA) is 3.24 Å². The third-order valence-electron chi connectivity index (χ3n) is 3.04. The maximum Gasteiger partial charge on any atom is 4.00 e. The number of hydrogen-bond donors (Lipinski definition) is 0. The molecule has 0 fully saturated rings. The molecule has 3 aromatic carbocycles. The van der Waals surface area contributed by atoms with Gasteiger partial charge in [-0.15, -0.1) is 41.8 Å². The summed E-state index contributed by atoms with van der Waals surface area (Å²) in [6.45, 7) is 1.00. The fraction of sp³-hybridized carbons (Fsp3) is 0.158. The zero-order chi connectivity index (χ0) is 14.2. The summed E-state index contributed by atoms with van der Waals surface area (Å²) in [5.74, 6) is 0. The number of nitrogens with zero attached hydrogens (tertiary/aromatic N) is 1. The van der Waals surface area contributed by atoms with Gasteiger partial charge in [-0.1, -0.05) is 12.1 Å². The van der Waals surface area contributed by atoms with Crippen LogP contribution in [0.3, 0.4) is 0 Å². The van der Waals surface area contributed by atoms with Gasteiger partial charge in [-0.05, 0) is 20.6 Å². The molecular formula is C19H21Cl3HfN-. The van der Waals surface area contributed by atoms with E-state index < -0.39 is 0 Å². The van der Waals surface area contributed by atoms with Crippen LogP contribution in [-0.2, 0) is 25.8 Å². The third-order valence-corrected chi connectivity index (χ3v) is 3.04. The van der Waals surface area contributed by atoms with Crippen molar-refractivity contribution < 1.29 is 63.1 Å². The van der Waals surface area contributed by atoms with Gasteiger partial charge in [0.1, 0.15) is 0 Å². The molecule has 24 heavy (non-hydrogen) atoms. The van der Waals surface area contributed by atoms with Crippen LogP contribution in [0.2, 0.25) is 0 Å². The van der Waals surface area contributed by atoms with Crippen molar-refractivity contribution in [2.75, 3.05) is 20.6 Å². The molecule has 3 rings (SSSR count). The molecule has 3 aromatic rings. The zero-order valence-corrected chi connectivity index (χ0v) is 19.7. The quantitative estimate of drug-likeness (QED) is 0.236. The standard InChI is InChI=1S/C10H14N.C9H7.3ClH.Hf/c1-11(2)9-8-10-6-4-3-5-7-10;1-2-5-9-7-3-6-8(9)4-1;;;;/h3-8H,9H2,1-2H3;1-7H;3*1H;/q2*-1;;;;+4/p-3. The van der Waals surface area contributed by atoms with E-state index in [4.69, 9.17) is 0 Å². The van der Waals surface area contributed by atoms with Crippen LogP contribution in [0.5, 0.6) is 0 Å². The SMILES string of the molecule is CN(C)C[CH-]c1ccccc1.[Cl-].[Cl-].[Cl-].[Hf+4].c1ccc2[cH-]ccc2c1. The summed E-state index contributed by atoms with van der Waals surface area (Å²) >= 11 is 0. The third kappa shape index (κ3) is 10.5. The average molecular weight is 548 g/mol. The minimum atomic E-state index is 0. The van der Waals surface area contributed by atoms with Crippen molar-refractivity contribution in [3.8, 4) is 0 Å². The summed E-state index contributed by atoms with van der Waals surface area (Å²) in [7, 11) is 4.14. The molecule has 0 saturated heterocycles. The van der Waals surface area contributed by atoms with E-state index in [1.807, 2.05) is 6.07 Å². The summed E-state index contributed by atoms with van der Waals surface area (Å²) in [6.07, 6.45) is 2.21. The van der Waals surface area contributed by atoms with Crippen molar-refractivity contribution >= 4 is 10.8 Å². The normalized spacial score (nSPS) is 8.46. The molecule has 0 saturated carbocycles. The molecule has 0 heterocycles. The Morgan fingerprint density at radius 3 is 2.00 bits per heavy atom. The van der Waals surface area contributed by atoms with Crippen LogP contribution < -0.4 is 37.2 Å². The van der Waals surface area contributed by atoms with Crippen LogP contribution in [0.4, 0.5) is 0 Å². The van der Waals surface area contributed by atoms with E-state index in [0.29, 0.717) is 0 Å². The molecule has 0 aliphatic heterocycles. The first-order valence-corrected chi connectivity index (χ1v) is 6.89. The molecule has 128 valence electrons. The Bertz CT molecular complexity index is 596. The van der Waals surface area contributed by atoms with Gasteiger partial charge < -0.3 is 42.1 Å². The number of benzene rings is 2. The first-order valence-electron chi connectivity index (χ1n) is 6.89. The van der Waals surface area contributed by atoms with Crippen molar-refractivity contribution in [1.82, 2.24) is 4.90 Å². The van der Waals surface area contributed by atoms with Crippen LogP contribution in [0, 0.1) is 6.42 Å². The zero-order valence-electron chi connectivity index (χ0n) is 13.8. The Labute approximate surface area is 183 Å². The van der Waals surface area contributed by atoms with Gasteiger partial charge in [0.15, 0.2) is 0 Å². The van der Waals surface area contributed by atoms with Crippen LogP contribution >= 0.6 is 0 Å². The van der Waals surface area contributed by atoms with Crippen molar-refractivity contribution in [2.45, 2.75) is 0 Å². The van der Waals surface area contributed by atoms with Gasteiger partial charge in [0.05, 0.1) is 0 Å². The number of fused-ring (bicyclic) bond motifs is 1. The second kappa shape index (κ2) is 16.1. The molecule has 0 aliphatic rings. The monoisotopic (exact) mass is 548 g/mol. The maximum atomic E-state index is 2.21. The molecule has 1 nitrogen and oxygen atoms in total. The number of rotatable bonds is 3. The van der Waals surface area contributed by atoms with Gasteiger partial charge in [0.2, 0.25) is 0 Å². The van der Waals surface area contributed by atoms with Crippen molar-refractivity contribution in [3.63, 3.8) is 0 Å². The van der Waals surface area contributed by atoms with E-state index in [1.54, 1.807) is 0 Å². The molecule has 0 unspecified atom stereocenters. The van der Waals surface area contributed by atoms with E-state index in [9.17, 15) is 0 Å². The van der Waals surface area contributed by atoms with Crippen LogP contribution in [0.25, 0.3) is 10.8 Å². The Kier molecular flexibility index (Phi) is 19.1. The number of halogens is 3. The Morgan fingerprint density at radius 1 is 0.833 bits per heavy atom. The summed E-state index contributed by atoms with van der Waals surface area (Å²) < 4.78 is 0.